The van der Waals surface area contributed by atoms with Gasteiger partial charge in [0.15, 0.2) is 0 Å². The molecule has 0 radical (unpaired) electrons. The van der Waals surface area contributed by atoms with E-state index in [1.807, 2.05) is 12.1 Å². The maximum atomic E-state index is 12.2. The topological polar surface area (TPSA) is 132 Å². The number of amides is 1. The molecule has 0 fully saturated rings. The van der Waals surface area contributed by atoms with E-state index in [0.717, 1.165) is 5.56 Å². The van der Waals surface area contributed by atoms with Crippen molar-refractivity contribution in [1.29, 1.82) is 0 Å². The molecule has 1 aromatic carbocycles. The van der Waals surface area contributed by atoms with Gasteiger partial charge < -0.3 is 10.5 Å². The third-order valence-electron chi connectivity index (χ3n) is 3.04. The number of aromatic nitrogens is 5. The molecule has 1 amide bonds. The number of nitrogens with two attached hydrogens (primary N) is 1. The third kappa shape index (κ3) is 4.07. The molecule has 0 aliphatic rings. The van der Waals surface area contributed by atoms with E-state index in [4.69, 9.17) is 10.5 Å². The number of methoxy groups -OCH3 is 1. The monoisotopic (exact) mass is 334 g/mol. The maximum Gasteiger partial charge on any atom is 1.00 e. The van der Waals surface area contributed by atoms with E-state index in [1.54, 1.807) is 18.2 Å². The quantitative estimate of drug-likeness (QED) is 0.375. The van der Waals surface area contributed by atoms with Crippen molar-refractivity contribution < 1.29 is 39.1 Å². The zero-order chi connectivity index (χ0) is 16.2. The molecule has 0 aliphatic heterocycles. The normalized spacial score (nSPS) is 9.88. The Morgan fingerprint density at radius 2 is 2.00 bits per heavy atom. The first-order chi connectivity index (χ1) is 11.2. The second kappa shape index (κ2) is 7.86. The zero-order valence-electron chi connectivity index (χ0n) is 13.1. The fourth-order valence-corrected chi connectivity index (χ4v) is 1.92. The number of hydrogen-bond acceptors (Lipinski definition) is 7. The molecule has 0 atom stereocenters. The van der Waals surface area contributed by atoms with Gasteiger partial charge in [-0.1, -0.05) is 17.2 Å². The van der Waals surface area contributed by atoms with Crippen LogP contribution in [-0.2, 0) is 0 Å². The average molecular weight is 334 g/mol. The van der Waals surface area contributed by atoms with E-state index in [-0.39, 0.29) is 41.2 Å². The molecule has 0 bridgehead atoms. The number of nitrogens with one attached hydrogen (secondary N) is 2. The Morgan fingerprint density at radius 3 is 2.62 bits per heavy atom. The van der Waals surface area contributed by atoms with Crippen LogP contribution in [0.2, 0.25) is 0 Å². The number of rotatable bonds is 4. The van der Waals surface area contributed by atoms with Crippen LogP contribution in [0.5, 0.6) is 5.75 Å². The third-order valence-corrected chi connectivity index (χ3v) is 3.04. The summed E-state index contributed by atoms with van der Waals surface area (Å²) in [7, 11) is 1.52. The van der Waals surface area contributed by atoms with Crippen molar-refractivity contribution in [3.63, 3.8) is 0 Å². The van der Waals surface area contributed by atoms with Crippen molar-refractivity contribution >= 4 is 17.5 Å². The number of aromatic amines is 1. The van der Waals surface area contributed by atoms with Crippen LogP contribution in [0.4, 0.5) is 11.6 Å². The van der Waals surface area contributed by atoms with Gasteiger partial charge in [0, 0.05) is 23.4 Å². The van der Waals surface area contributed by atoms with E-state index in [1.165, 1.54) is 13.2 Å². The van der Waals surface area contributed by atoms with Crippen LogP contribution in [0.3, 0.4) is 0 Å². The number of nitrogen functional groups attached to an aromatic ring is 1. The standard InChI is InChI=1S/C14H13N7O2.Na/c1-23-10-6-11(8-2-4-9(15)5-3-8)16-12(7-10)13(22)17-14-18-20-21-19-14;/h2-7H,15H2,1H3,(H2,17,18,19,20,21,22);/q;+1. The number of nitrogens with zero attached hydrogens (tertiary/aromatic N) is 4. The van der Waals surface area contributed by atoms with Gasteiger partial charge in [-0.2, -0.15) is 5.21 Å². The van der Waals surface area contributed by atoms with Gasteiger partial charge in [-0.3, -0.25) is 10.1 Å². The Morgan fingerprint density at radius 1 is 1.25 bits per heavy atom. The smallest absolute Gasteiger partial charge is 0.497 e. The molecule has 0 saturated carbocycles. The molecule has 3 aromatic rings. The van der Waals surface area contributed by atoms with Crippen LogP contribution in [0, 0.1) is 0 Å². The number of H-pyrrole nitrogens is 1. The number of anilines is 2. The Hall–Kier alpha value is -2.49. The van der Waals surface area contributed by atoms with Gasteiger partial charge in [-0.05, 0) is 17.3 Å². The van der Waals surface area contributed by atoms with E-state index in [0.29, 0.717) is 17.1 Å². The van der Waals surface area contributed by atoms with Crippen LogP contribution in [0.1, 0.15) is 10.5 Å². The number of carbonyl (C=O) groups is 1. The molecule has 0 unspecified atom stereocenters. The molecule has 24 heavy (non-hydrogen) atoms. The van der Waals surface area contributed by atoms with Crippen molar-refractivity contribution in [1.82, 2.24) is 25.6 Å². The Bertz CT molecular complexity index is 822. The van der Waals surface area contributed by atoms with Crippen LogP contribution < -0.4 is 45.3 Å². The summed E-state index contributed by atoms with van der Waals surface area (Å²) in [5.41, 5.74) is 7.89. The minimum absolute atomic E-state index is 0. The van der Waals surface area contributed by atoms with Crippen molar-refractivity contribution in [3.05, 3.63) is 42.1 Å². The van der Waals surface area contributed by atoms with E-state index < -0.39 is 5.91 Å². The van der Waals surface area contributed by atoms with Crippen molar-refractivity contribution in [2.45, 2.75) is 0 Å². The van der Waals surface area contributed by atoms with E-state index >= 15 is 0 Å². The Kier molecular flexibility index (Phi) is 5.85. The van der Waals surface area contributed by atoms with Gasteiger partial charge in [-0.25, -0.2) is 4.98 Å². The van der Waals surface area contributed by atoms with E-state index in [9.17, 15) is 4.79 Å². The molecule has 0 aliphatic carbocycles. The summed E-state index contributed by atoms with van der Waals surface area (Å²) < 4.78 is 5.23. The number of benzene rings is 1. The van der Waals surface area contributed by atoms with Gasteiger partial charge in [0.25, 0.3) is 11.9 Å². The summed E-state index contributed by atoms with van der Waals surface area (Å²) >= 11 is 0. The summed E-state index contributed by atoms with van der Waals surface area (Å²) in [5.74, 6) is 0.0979. The summed E-state index contributed by atoms with van der Waals surface area (Å²) in [6, 6.07) is 10.4. The molecule has 4 N–H and O–H groups in total. The largest absolute Gasteiger partial charge is 1.00 e. The van der Waals surface area contributed by atoms with Gasteiger partial charge in [0.1, 0.15) is 11.4 Å². The summed E-state index contributed by atoms with van der Waals surface area (Å²) in [5, 5.41) is 15.4. The molecule has 9 nitrogen and oxygen atoms in total. The fraction of sp³-hybridized carbons (Fsp3) is 0.0714. The van der Waals surface area contributed by atoms with Crippen LogP contribution >= 0.6 is 0 Å². The van der Waals surface area contributed by atoms with Crippen molar-refractivity contribution in [2.75, 3.05) is 18.2 Å². The first-order valence-corrected chi connectivity index (χ1v) is 6.62. The average Bonchev–Trinajstić information content (AvgIpc) is 3.08. The molecule has 3 rings (SSSR count). The van der Waals surface area contributed by atoms with Crippen LogP contribution in [0.15, 0.2) is 36.4 Å². The molecular formula is C14H13N7NaO2+. The molecule has 2 aromatic heterocycles. The van der Waals surface area contributed by atoms with Gasteiger partial charge >= 0.3 is 29.6 Å². The molecule has 0 saturated heterocycles. The maximum absolute atomic E-state index is 12.2. The molecule has 116 valence electrons. The van der Waals surface area contributed by atoms with Gasteiger partial charge in [-0.15, -0.1) is 5.10 Å². The predicted molar refractivity (Wildman–Crippen MR) is 82.8 cm³/mol. The number of tetrazole rings is 1. The van der Waals surface area contributed by atoms with Crippen molar-refractivity contribution in [2.24, 2.45) is 0 Å². The minimum Gasteiger partial charge on any atom is -0.497 e. The first-order valence-electron chi connectivity index (χ1n) is 6.62. The van der Waals surface area contributed by atoms with Crippen LogP contribution in [-0.4, -0.2) is 38.6 Å². The van der Waals surface area contributed by atoms with Gasteiger partial charge in [0.2, 0.25) is 0 Å². The number of carbonyl (C=O) groups excluding carboxylic acids is 1. The second-order valence-corrected chi connectivity index (χ2v) is 4.59. The molecule has 0 spiro atoms. The van der Waals surface area contributed by atoms with E-state index in [2.05, 4.69) is 30.9 Å². The summed E-state index contributed by atoms with van der Waals surface area (Å²) in [4.78, 5) is 16.6. The molecular weight excluding hydrogens is 321 g/mol. The molecule has 10 heteroatoms. The minimum atomic E-state index is -0.470. The van der Waals surface area contributed by atoms with Crippen LogP contribution in [0.25, 0.3) is 11.3 Å². The van der Waals surface area contributed by atoms with Crippen molar-refractivity contribution in [3.8, 4) is 17.0 Å². The number of hydrogen-bond donors (Lipinski definition) is 3. The van der Waals surface area contributed by atoms with Gasteiger partial charge in [0.05, 0.1) is 12.8 Å². The Balaban J connectivity index is 0.00000208. The summed E-state index contributed by atoms with van der Waals surface area (Å²) in [6.07, 6.45) is 0. The predicted octanol–water partition coefficient (Wildman–Crippen LogP) is -1.89. The molecule has 2 heterocycles. The summed E-state index contributed by atoms with van der Waals surface area (Å²) in [6.45, 7) is 0. The Labute approximate surface area is 159 Å². The second-order valence-electron chi connectivity index (χ2n) is 4.59. The zero-order valence-corrected chi connectivity index (χ0v) is 15.1. The fourth-order valence-electron chi connectivity index (χ4n) is 1.92. The SMILES string of the molecule is COc1cc(C(=O)Nc2nn[nH]n2)nc(-c2ccc(N)cc2)c1.[Na+]. The number of ether oxygens (including phenoxy) is 1. The first kappa shape index (κ1) is 17.9. The number of pyridine rings is 1.